The van der Waals surface area contributed by atoms with E-state index in [9.17, 15) is 59.4 Å². The number of aliphatic carboxylic acids is 6. The third-order valence-electron chi connectivity index (χ3n) is 3.26. The Morgan fingerprint density at radius 2 is 0.553 bits per heavy atom. The average molecular weight is 565 g/mol. The fourth-order valence-electron chi connectivity index (χ4n) is 1.37. The molecule has 226 valence electrons. The summed E-state index contributed by atoms with van der Waals surface area (Å²) in [5.74, 6) is -12.0. The molecule has 0 aromatic carbocycles. The maximum atomic E-state index is 10.1. The summed E-state index contributed by atoms with van der Waals surface area (Å²) in [6.45, 7) is 5.75. The first kappa shape index (κ1) is 44.5. The first-order valence-corrected chi connectivity index (χ1v) is 10.7. The molecule has 0 saturated carbocycles. The molecular weight excluding hydrogens is 524 g/mol. The van der Waals surface area contributed by atoms with Gasteiger partial charge in [0.25, 0.3) is 0 Å². The molecule has 0 saturated heterocycles. The van der Waals surface area contributed by atoms with Crippen LogP contribution in [0.25, 0.3) is 0 Å². The number of carbonyl (C=O) groups is 6. The number of carbonyl (C=O) groups excluding carboxylic acids is 6. The van der Waals surface area contributed by atoms with E-state index in [0.29, 0.717) is 0 Å². The molecule has 20 heteroatoms. The molecule has 0 bridgehead atoms. The highest BCUT2D eigenvalue weighted by Crippen LogP contribution is 2.13. The number of hydrogen-bond donors (Lipinski definition) is 8. The molecule has 0 rings (SSSR count). The van der Waals surface area contributed by atoms with Gasteiger partial charge in [-0.15, -0.1) is 0 Å². The fraction of sp³-hybridized carbons (Fsp3) is 0.667. The molecule has 0 aliphatic heterocycles. The highest BCUT2D eigenvalue weighted by Gasteiger charge is 2.29. The van der Waals surface area contributed by atoms with Gasteiger partial charge in [-0.1, -0.05) is 0 Å². The first-order chi connectivity index (χ1) is 17.3. The summed E-state index contributed by atoms with van der Waals surface area (Å²) in [6, 6.07) is 0. The molecule has 0 aromatic heterocycles. The number of aliphatic hydroxyl groups is 2. The number of carboxylic acid groups (broad SMARTS) is 6. The summed E-state index contributed by atoms with van der Waals surface area (Å²) in [5.41, 5.74) is 15.3. The highest BCUT2D eigenvalue weighted by molar-refractivity contribution is 5.86. The van der Waals surface area contributed by atoms with Gasteiger partial charge in [-0.05, 0) is 0 Å². The van der Waals surface area contributed by atoms with Gasteiger partial charge >= 0.3 is 0 Å². The lowest BCUT2D eigenvalue weighted by atomic mass is 9.96. The molecule has 0 aliphatic rings. The van der Waals surface area contributed by atoms with Crippen LogP contribution in [-0.2, 0) is 28.8 Å². The summed E-state index contributed by atoms with van der Waals surface area (Å²) in [7, 11) is 0. The van der Waals surface area contributed by atoms with Crippen molar-refractivity contribution in [2.45, 2.75) is 36.9 Å². The number of rotatable bonds is 13. The van der Waals surface area contributed by atoms with Crippen LogP contribution in [0.15, 0.2) is 0 Å². The van der Waals surface area contributed by atoms with Crippen LogP contribution in [0, 0.1) is 0 Å². The molecule has 20 nitrogen and oxygen atoms in total. The first-order valence-electron chi connectivity index (χ1n) is 10.7. The minimum Gasteiger partial charge on any atom is -0.550 e. The molecule has 0 atom stereocenters. The largest absolute Gasteiger partial charge is 0.550 e. The molecule has 0 heterocycles. The molecular formula is C18H40N6O14. The second-order valence-corrected chi connectivity index (χ2v) is 6.95. The Bertz CT molecular complexity index is 608. The Kier molecular flexibility index (Phi) is 31.1. The van der Waals surface area contributed by atoms with Crippen molar-refractivity contribution in [3.05, 3.63) is 0 Å². The topological polar surface area (TPSA) is 447 Å². The molecule has 0 spiro atoms. The van der Waals surface area contributed by atoms with Gasteiger partial charge in [0.15, 0.2) is 0 Å². The van der Waals surface area contributed by atoms with Gasteiger partial charge in [-0.3, -0.25) is 0 Å². The van der Waals surface area contributed by atoms with E-state index in [0.717, 1.165) is 39.3 Å². The van der Waals surface area contributed by atoms with Crippen LogP contribution in [-0.4, -0.2) is 96.5 Å². The standard InChI is InChI=1S/2C6H8O7.3C2H8N2/c2*7-3(8)1-6(13,5(11)12)2-4(9)10;3*3-1-2-4/h2*13H,1-2H2,(H,7,8)(H,9,10)(H,11,12);3*1-4H2. The zero-order valence-electron chi connectivity index (χ0n) is 21.1. The Balaban J connectivity index is -0.000000135. The summed E-state index contributed by atoms with van der Waals surface area (Å²) < 4.78 is 0. The molecule has 0 fully saturated rings. The monoisotopic (exact) mass is 564 g/mol. The lowest BCUT2D eigenvalue weighted by molar-refractivity contribution is -0.453. The van der Waals surface area contributed by atoms with Crippen molar-refractivity contribution in [1.29, 1.82) is 0 Å². The van der Waals surface area contributed by atoms with Crippen molar-refractivity contribution in [3.63, 3.8) is 0 Å². The van der Waals surface area contributed by atoms with Crippen LogP contribution in [0.2, 0.25) is 0 Å². The molecule has 20 N–H and O–H groups in total. The lowest BCUT2D eigenvalue weighted by Gasteiger charge is -2.29. The van der Waals surface area contributed by atoms with Gasteiger partial charge in [0, 0.05) is 49.6 Å². The maximum Gasteiger partial charge on any atom is 0.124 e. The van der Waals surface area contributed by atoms with Crippen molar-refractivity contribution >= 4 is 35.8 Å². The number of carboxylic acids is 6. The van der Waals surface area contributed by atoms with Crippen molar-refractivity contribution in [3.8, 4) is 0 Å². The summed E-state index contributed by atoms with van der Waals surface area (Å²) in [6.07, 6.45) is -5.43. The van der Waals surface area contributed by atoms with Gasteiger partial charge < -0.3 is 104 Å². The van der Waals surface area contributed by atoms with Crippen LogP contribution >= 0.6 is 0 Å². The number of quaternary nitrogens is 6. The van der Waals surface area contributed by atoms with Crippen LogP contribution in [0.4, 0.5) is 0 Å². The summed E-state index contributed by atoms with van der Waals surface area (Å²) in [4.78, 5) is 60.0. The van der Waals surface area contributed by atoms with E-state index in [2.05, 4.69) is 34.4 Å². The Morgan fingerprint density at radius 1 is 0.421 bits per heavy atom. The van der Waals surface area contributed by atoms with Gasteiger partial charge in [0.1, 0.15) is 50.5 Å². The van der Waals surface area contributed by atoms with Crippen LogP contribution in [0.3, 0.4) is 0 Å². The van der Waals surface area contributed by atoms with E-state index >= 15 is 0 Å². The molecule has 0 aliphatic carbocycles. The molecule has 0 aromatic rings. The molecule has 0 unspecified atom stereocenters. The lowest BCUT2D eigenvalue weighted by Crippen LogP contribution is -2.64. The average Bonchev–Trinajstić information content (AvgIpc) is 2.77. The third kappa shape index (κ3) is 32.5. The SMILES string of the molecule is O=C([O-])CC(O)(CC(=O)[O-])C(=O)[O-].O=C([O-])CC(O)(CC(=O)[O-])C(=O)[O-].[NH3+]CC[NH3+].[NH3+]CC[NH3+].[NH3+]CC[NH3+]. The predicted octanol–water partition coefficient (Wildman–Crippen LogP) is -18.1. The van der Waals surface area contributed by atoms with Crippen LogP contribution in [0.5, 0.6) is 0 Å². The maximum absolute atomic E-state index is 10.1. The molecule has 0 amide bonds. The third-order valence-corrected chi connectivity index (χ3v) is 3.26. The van der Waals surface area contributed by atoms with Gasteiger partial charge in [0.2, 0.25) is 0 Å². The Hall–Kier alpha value is -3.50. The van der Waals surface area contributed by atoms with E-state index in [1.807, 2.05) is 0 Å². The quantitative estimate of drug-likeness (QED) is 0.103. The van der Waals surface area contributed by atoms with E-state index in [-0.39, 0.29) is 0 Å². The molecule has 0 radical (unpaired) electrons. The van der Waals surface area contributed by atoms with Crippen LogP contribution in [0.1, 0.15) is 25.7 Å². The minimum absolute atomic E-state index is 0.958. The van der Waals surface area contributed by atoms with Crippen molar-refractivity contribution < 1.29 is 104 Å². The zero-order valence-corrected chi connectivity index (χ0v) is 21.1. The zero-order chi connectivity index (χ0) is 31.5. The minimum atomic E-state index is -2.97. The van der Waals surface area contributed by atoms with E-state index in [4.69, 9.17) is 10.2 Å². The summed E-state index contributed by atoms with van der Waals surface area (Å²) >= 11 is 0. The van der Waals surface area contributed by atoms with Crippen molar-refractivity contribution in [2.75, 3.05) is 39.3 Å². The van der Waals surface area contributed by atoms with E-state index in [1.165, 1.54) is 0 Å². The highest BCUT2D eigenvalue weighted by atomic mass is 16.4. The molecule has 38 heavy (non-hydrogen) atoms. The second-order valence-electron chi connectivity index (χ2n) is 6.95. The van der Waals surface area contributed by atoms with Crippen molar-refractivity contribution in [1.82, 2.24) is 0 Å². The Labute approximate surface area is 216 Å². The van der Waals surface area contributed by atoms with Gasteiger partial charge in [0.05, 0.1) is 11.9 Å². The fourth-order valence-corrected chi connectivity index (χ4v) is 1.37. The predicted molar refractivity (Wildman–Crippen MR) is 105 cm³/mol. The smallest absolute Gasteiger partial charge is 0.124 e. The van der Waals surface area contributed by atoms with Gasteiger partial charge in [-0.2, -0.15) is 0 Å². The van der Waals surface area contributed by atoms with Crippen LogP contribution < -0.4 is 65.0 Å². The number of hydrogen-bond acceptors (Lipinski definition) is 14. The Morgan fingerprint density at radius 3 is 0.605 bits per heavy atom. The normalized spacial score (nSPS) is 9.79. The summed E-state index contributed by atoms with van der Waals surface area (Å²) in [5, 5.41) is 77.9. The second kappa shape index (κ2) is 26.6. The van der Waals surface area contributed by atoms with Crippen molar-refractivity contribution in [2.24, 2.45) is 0 Å². The van der Waals surface area contributed by atoms with E-state index in [1.54, 1.807) is 0 Å². The van der Waals surface area contributed by atoms with Gasteiger partial charge in [-0.25, -0.2) is 0 Å². The van der Waals surface area contributed by atoms with E-state index < -0.39 is 72.7 Å².